The molecule has 0 radical (unpaired) electrons. The van der Waals surface area contributed by atoms with E-state index < -0.39 is 10.0 Å². The number of carbonyl (C=O) groups is 1. The van der Waals surface area contributed by atoms with Crippen LogP contribution in [0.3, 0.4) is 0 Å². The summed E-state index contributed by atoms with van der Waals surface area (Å²) >= 11 is 0. The highest BCUT2D eigenvalue weighted by molar-refractivity contribution is 7.92. The van der Waals surface area contributed by atoms with Crippen molar-refractivity contribution in [1.82, 2.24) is 0 Å². The number of nitrogens with one attached hydrogen (secondary N) is 1. The molecule has 0 saturated carbocycles. The van der Waals surface area contributed by atoms with Gasteiger partial charge in [0.05, 0.1) is 11.4 Å². The van der Waals surface area contributed by atoms with Crippen LogP contribution < -0.4 is 9.62 Å². The number of fused-ring (bicyclic) bond motifs is 1. The van der Waals surface area contributed by atoms with Gasteiger partial charge in [-0.15, -0.1) is 0 Å². The summed E-state index contributed by atoms with van der Waals surface area (Å²) in [7, 11) is -3.50. The van der Waals surface area contributed by atoms with E-state index in [0.29, 0.717) is 18.7 Å². The fourth-order valence-electron chi connectivity index (χ4n) is 2.97. The topological polar surface area (TPSA) is 66.5 Å². The normalized spacial score (nSPS) is 13.6. The molecule has 1 N–H and O–H groups in total. The first-order chi connectivity index (χ1) is 11.9. The monoisotopic (exact) mass is 358 g/mol. The van der Waals surface area contributed by atoms with Crippen LogP contribution in [0.5, 0.6) is 0 Å². The molecule has 25 heavy (non-hydrogen) atoms. The summed E-state index contributed by atoms with van der Waals surface area (Å²) < 4.78 is 26.6. The Hall–Kier alpha value is -2.34. The Morgan fingerprint density at radius 1 is 1.12 bits per heavy atom. The molecule has 5 nitrogen and oxygen atoms in total. The predicted octanol–water partition coefficient (Wildman–Crippen LogP) is 3.02. The molecular weight excluding hydrogens is 336 g/mol. The van der Waals surface area contributed by atoms with Gasteiger partial charge in [-0.3, -0.25) is 9.10 Å². The van der Waals surface area contributed by atoms with Gasteiger partial charge in [0.1, 0.15) is 0 Å². The van der Waals surface area contributed by atoms with Crippen molar-refractivity contribution < 1.29 is 13.2 Å². The first kappa shape index (κ1) is 17.5. The van der Waals surface area contributed by atoms with Gasteiger partial charge in [-0.1, -0.05) is 24.3 Å². The molecule has 0 aliphatic carbocycles. The van der Waals surface area contributed by atoms with Crippen LogP contribution >= 0.6 is 0 Å². The molecule has 1 aliphatic rings. The lowest BCUT2D eigenvalue weighted by Crippen LogP contribution is -2.32. The molecule has 0 atom stereocenters. The van der Waals surface area contributed by atoms with Gasteiger partial charge in [0, 0.05) is 18.7 Å². The van der Waals surface area contributed by atoms with Crippen LogP contribution in [0.4, 0.5) is 11.4 Å². The number of nitrogens with zero attached hydrogens (tertiary/aromatic N) is 1. The molecule has 2 aromatic rings. The van der Waals surface area contributed by atoms with E-state index in [1.165, 1.54) is 4.31 Å². The third-order valence-electron chi connectivity index (χ3n) is 4.56. The molecule has 0 saturated heterocycles. The Morgan fingerprint density at radius 3 is 2.64 bits per heavy atom. The molecule has 0 fully saturated rings. The van der Waals surface area contributed by atoms with Gasteiger partial charge in [-0.05, 0) is 55.2 Å². The molecular formula is C19H22N2O3S. The van der Waals surface area contributed by atoms with Gasteiger partial charge >= 0.3 is 0 Å². The summed E-state index contributed by atoms with van der Waals surface area (Å²) in [5.41, 5.74) is 4.69. The van der Waals surface area contributed by atoms with Gasteiger partial charge in [0.2, 0.25) is 15.9 Å². The molecule has 1 amide bonds. The molecule has 0 spiro atoms. The van der Waals surface area contributed by atoms with E-state index in [0.717, 1.165) is 22.4 Å². The molecule has 1 heterocycles. The van der Waals surface area contributed by atoms with Crippen LogP contribution in [0.1, 0.15) is 23.1 Å². The van der Waals surface area contributed by atoms with E-state index in [1.807, 2.05) is 56.3 Å². The van der Waals surface area contributed by atoms with Crippen molar-refractivity contribution in [2.45, 2.75) is 26.7 Å². The SMILES string of the molecule is Cc1ccc(NC(=O)CCS(=O)(=O)N2CCc3ccccc32)cc1C. The van der Waals surface area contributed by atoms with Gasteiger partial charge in [0.25, 0.3) is 0 Å². The second-order valence-corrected chi connectivity index (χ2v) is 8.38. The second-order valence-electron chi connectivity index (χ2n) is 6.36. The van der Waals surface area contributed by atoms with Crippen LogP contribution in [0.2, 0.25) is 0 Å². The lowest BCUT2D eigenvalue weighted by molar-refractivity contribution is -0.115. The number of aryl methyl sites for hydroxylation is 2. The number of benzene rings is 2. The van der Waals surface area contributed by atoms with Crippen LogP contribution in [0.25, 0.3) is 0 Å². The summed E-state index contributed by atoms with van der Waals surface area (Å²) in [5.74, 6) is -0.489. The van der Waals surface area contributed by atoms with Crippen LogP contribution in [0.15, 0.2) is 42.5 Å². The second kappa shape index (κ2) is 6.88. The van der Waals surface area contributed by atoms with Crippen molar-refractivity contribution in [1.29, 1.82) is 0 Å². The third kappa shape index (κ3) is 3.85. The zero-order valence-corrected chi connectivity index (χ0v) is 15.3. The fraction of sp³-hybridized carbons (Fsp3) is 0.316. The minimum Gasteiger partial charge on any atom is -0.326 e. The first-order valence-electron chi connectivity index (χ1n) is 8.32. The molecule has 132 valence electrons. The van der Waals surface area contributed by atoms with Crippen molar-refractivity contribution in [2.75, 3.05) is 21.9 Å². The molecule has 0 bridgehead atoms. The molecule has 0 unspecified atom stereocenters. The number of hydrogen-bond acceptors (Lipinski definition) is 3. The average Bonchev–Trinajstić information content (AvgIpc) is 3.01. The van der Waals surface area contributed by atoms with Gasteiger partial charge in [0.15, 0.2) is 0 Å². The Bertz CT molecular complexity index is 907. The highest BCUT2D eigenvalue weighted by atomic mass is 32.2. The quantitative estimate of drug-likeness (QED) is 0.893. The third-order valence-corrected chi connectivity index (χ3v) is 6.33. The molecule has 0 aromatic heterocycles. The summed E-state index contributed by atoms with van der Waals surface area (Å²) in [6.07, 6.45) is 0.651. The van der Waals surface area contributed by atoms with Gasteiger partial charge in [-0.25, -0.2) is 8.42 Å². The van der Waals surface area contributed by atoms with E-state index in [4.69, 9.17) is 0 Å². The molecule has 2 aromatic carbocycles. The summed E-state index contributed by atoms with van der Waals surface area (Å²) in [6, 6.07) is 13.1. The van der Waals surface area contributed by atoms with Gasteiger partial charge in [-0.2, -0.15) is 0 Å². The maximum Gasteiger partial charge on any atom is 0.235 e. The molecule has 1 aliphatic heterocycles. The Kier molecular flexibility index (Phi) is 4.81. The van der Waals surface area contributed by atoms with Crippen molar-refractivity contribution >= 4 is 27.3 Å². The number of carbonyl (C=O) groups excluding carboxylic acids is 1. The van der Waals surface area contributed by atoms with E-state index in [1.54, 1.807) is 0 Å². The molecule has 3 rings (SSSR count). The summed E-state index contributed by atoms with van der Waals surface area (Å²) in [5, 5.41) is 2.77. The number of anilines is 2. The maximum atomic E-state index is 12.6. The smallest absolute Gasteiger partial charge is 0.235 e. The van der Waals surface area contributed by atoms with E-state index in [-0.39, 0.29) is 18.1 Å². The van der Waals surface area contributed by atoms with Crippen LogP contribution in [-0.4, -0.2) is 26.6 Å². The Labute approximate surface area is 148 Å². The van der Waals surface area contributed by atoms with Crippen LogP contribution in [0, 0.1) is 13.8 Å². The predicted molar refractivity (Wildman–Crippen MR) is 100 cm³/mol. The van der Waals surface area contributed by atoms with Crippen molar-refractivity contribution in [2.24, 2.45) is 0 Å². The molecule has 6 heteroatoms. The first-order valence-corrected chi connectivity index (χ1v) is 9.93. The standard InChI is InChI=1S/C19H22N2O3S/c1-14-7-8-17(13-15(14)2)20-19(22)10-12-25(23,24)21-11-9-16-5-3-4-6-18(16)21/h3-8,13H,9-12H2,1-2H3,(H,20,22). The maximum absolute atomic E-state index is 12.6. The fourth-order valence-corrected chi connectivity index (χ4v) is 4.48. The average molecular weight is 358 g/mol. The Balaban J connectivity index is 1.62. The minimum atomic E-state index is -3.50. The zero-order chi connectivity index (χ0) is 18.0. The minimum absolute atomic E-state index is 0.0616. The largest absolute Gasteiger partial charge is 0.326 e. The van der Waals surface area contributed by atoms with Crippen LogP contribution in [-0.2, 0) is 21.2 Å². The van der Waals surface area contributed by atoms with Crippen molar-refractivity contribution in [3.05, 3.63) is 59.2 Å². The lowest BCUT2D eigenvalue weighted by Gasteiger charge is -2.19. The van der Waals surface area contributed by atoms with E-state index >= 15 is 0 Å². The number of sulfonamides is 1. The zero-order valence-electron chi connectivity index (χ0n) is 14.5. The lowest BCUT2D eigenvalue weighted by atomic mass is 10.1. The van der Waals surface area contributed by atoms with E-state index in [9.17, 15) is 13.2 Å². The number of amides is 1. The number of para-hydroxylation sites is 1. The highest BCUT2D eigenvalue weighted by Crippen LogP contribution is 2.30. The summed E-state index contributed by atoms with van der Waals surface area (Å²) in [6.45, 7) is 4.42. The van der Waals surface area contributed by atoms with Crippen molar-refractivity contribution in [3.63, 3.8) is 0 Å². The van der Waals surface area contributed by atoms with Crippen molar-refractivity contribution in [3.8, 4) is 0 Å². The number of rotatable bonds is 5. The number of hydrogen-bond donors (Lipinski definition) is 1. The highest BCUT2D eigenvalue weighted by Gasteiger charge is 2.29. The Morgan fingerprint density at radius 2 is 1.88 bits per heavy atom. The van der Waals surface area contributed by atoms with Gasteiger partial charge < -0.3 is 5.32 Å². The summed E-state index contributed by atoms with van der Waals surface area (Å²) in [4.78, 5) is 12.1. The van der Waals surface area contributed by atoms with E-state index in [2.05, 4.69) is 5.32 Å².